The zero-order valence-electron chi connectivity index (χ0n) is 11.5. The van der Waals surface area contributed by atoms with Gasteiger partial charge < -0.3 is 10.0 Å². The van der Waals surface area contributed by atoms with Crippen LogP contribution >= 0.6 is 0 Å². The van der Waals surface area contributed by atoms with E-state index in [-0.39, 0.29) is 12.5 Å². The molecule has 0 aromatic carbocycles. The monoisotopic (exact) mass is 263 g/mol. The Bertz CT molecular complexity index is 424. The van der Waals surface area contributed by atoms with Crippen LogP contribution in [0.3, 0.4) is 0 Å². The Hall–Kier alpha value is -1.46. The van der Waals surface area contributed by atoms with Crippen molar-refractivity contribution >= 4 is 5.97 Å². The van der Waals surface area contributed by atoms with E-state index in [1.54, 1.807) is 12.4 Å². The zero-order chi connectivity index (χ0) is 13.8. The summed E-state index contributed by atoms with van der Waals surface area (Å²) < 4.78 is 0. The first-order valence-corrected chi connectivity index (χ1v) is 6.61. The van der Waals surface area contributed by atoms with Crippen LogP contribution in [-0.2, 0) is 11.3 Å². The Morgan fingerprint density at radius 2 is 2.11 bits per heavy atom. The molecule has 1 aromatic rings. The van der Waals surface area contributed by atoms with Gasteiger partial charge in [-0.3, -0.25) is 14.7 Å². The fourth-order valence-corrected chi connectivity index (χ4v) is 2.57. The number of carboxylic acids is 1. The fraction of sp³-hybridized carbons (Fsp3) is 0.571. The van der Waals surface area contributed by atoms with E-state index >= 15 is 0 Å². The number of rotatable bonds is 4. The predicted octanol–water partition coefficient (Wildman–Crippen LogP) is 1.06. The van der Waals surface area contributed by atoms with Crippen LogP contribution in [0.4, 0.5) is 0 Å². The van der Waals surface area contributed by atoms with Crippen LogP contribution in [0.5, 0.6) is 0 Å². The molecular weight excluding hydrogens is 242 g/mol. The summed E-state index contributed by atoms with van der Waals surface area (Å²) in [6.45, 7) is 4.67. The van der Waals surface area contributed by atoms with Gasteiger partial charge in [0.1, 0.15) is 0 Å². The third kappa shape index (κ3) is 3.75. The summed E-state index contributed by atoms with van der Waals surface area (Å²) >= 11 is 0. The van der Waals surface area contributed by atoms with Gasteiger partial charge in [0, 0.05) is 44.1 Å². The topological polar surface area (TPSA) is 56.7 Å². The summed E-state index contributed by atoms with van der Waals surface area (Å²) in [6, 6.07) is 4.50. The smallest absolute Gasteiger partial charge is 0.304 e. The van der Waals surface area contributed by atoms with E-state index in [1.165, 1.54) is 5.56 Å². The van der Waals surface area contributed by atoms with E-state index in [0.29, 0.717) is 6.04 Å². The molecule has 0 radical (unpaired) electrons. The van der Waals surface area contributed by atoms with E-state index in [0.717, 1.165) is 19.6 Å². The molecule has 0 bridgehead atoms. The lowest BCUT2D eigenvalue weighted by atomic mass is 10.0. The second-order valence-corrected chi connectivity index (χ2v) is 5.33. The Labute approximate surface area is 113 Å². The number of hydrogen-bond acceptors (Lipinski definition) is 4. The van der Waals surface area contributed by atoms with Gasteiger partial charge in [-0.1, -0.05) is 0 Å². The number of aliphatic carboxylic acids is 1. The Morgan fingerprint density at radius 1 is 1.42 bits per heavy atom. The van der Waals surface area contributed by atoms with Crippen LogP contribution in [0.2, 0.25) is 0 Å². The van der Waals surface area contributed by atoms with Crippen LogP contribution in [0, 0.1) is 0 Å². The first-order chi connectivity index (χ1) is 9.06. The standard InChI is InChI=1S/C14H21N3O2/c1-11-8-17(9-12-3-5-15-6-4-12)13(7-14(18)19)10-16(11)2/h3-6,11,13H,7-10H2,1-2H3,(H,18,19). The first-order valence-electron chi connectivity index (χ1n) is 6.61. The van der Waals surface area contributed by atoms with Crippen molar-refractivity contribution < 1.29 is 9.90 Å². The average molecular weight is 263 g/mol. The largest absolute Gasteiger partial charge is 0.481 e. The van der Waals surface area contributed by atoms with Crippen LogP contribution in [-0.4, -0.2) is 58.1 Å². The molecule has 5 heteroatoms. The van der Waals surface area contributed by atoms with E-state index in [9.17, 15) is 4.79 Å². The highest BCUT2D eigenvalue weighted by atomic mass is 16.4. The molecule has 0 amide bonds. The van der Waals surface area contributed by atoms with Crippen molar-refractivity contribution in [1.82, 2.24) is 14.8 Å². The van der Waals surface area contributed by atoms with Crippen molar-refractivity contribution in [2.24, 2.45) is 0 Å². The Kier molecular flexibility index (Phi) is 4.50. The molecule has 0 aliphatic carbocycles. The molecule has 1 fully saturated rings. The van der Waals surface area contributed by atoms with Gasteiger partial charge in [0.15, 0.2) is 0 Å². The maximum Gasteiger partial charge on any atom is 0.304 e. The van der Waals surface area contributed by atoms with Crippen LogP contribution in [0.25, 0.3) is 0 Å². The normalized spacial score (nSPS) is 25.4. The predicted molar refractivity (Wildman–Crippen MR) is 72.8 cm³/mol. The highest BCUT2D eigenvalue weighted by molar-refractivity contribution is 5.67. The number of hydrogen-bond donors (Lipinski definition) is 1. The Morgan fingerprint density at radius 3 is 2.74 bits per heavy atom. The van der Waals surface area contributed by atoms with Crippen molar-refractivity contribution in [3.05, 3.63) is 30.1 Å². The summed E-state index contributed by atoms with van der Waals surface area (Å²) in [7, 11) is 2.06. The molecule has 1 aliphatic heterocycles. The molecule has 1 aromatic heterocycles. The molecule has 1 saturated heterocycles. The number of aromatic nitrogens is 1. The number of carbonyl (C=O) groups is 1. The van der Waals surface area contributed by atoms with Gasteiger partial charge in [-0.2, -0.15) is 0 Å². The number of carboxylic acid groups (broad SMARTS) is 1. The second-order valence-electron chi connectivity index (χ2n) is 5.33. The van der Waals surface area contributed by atoms with Gasteiger partial charge in [-0.25, -0.2) is 0 Å². The second kappa shape index (κ2) is 6.12. The van der Waals surface area contributed by atoms with Gasteiger partial charge in [-0.15, -0.1) is 0 Å². The lowest BCUT2D eigenvalue weighted by molar-refractivity contribution is -0.139. The Balaban J connectivity index is 2.07. The van der Waals surface area contributed by atoms with E-state index in [1.807, 2.05) is 12.1 Å². The van der Waals surface area contributed by atoms with E-state index in [2.05, 4.69) is 28.8 Å². The number of likely N-dealkylation sites (N-methyl/N-ethyl adjacent to an activating group) is 1. The van der Waals surface area contributed by atoms with Gasteiger partial charge in [0.05, 0.1) is 6.42 Å². The van der Waals surface area contributed by atoms with E-state index in [4.69, 9.17) is 5.11 Å². The highest BCUT2D eigenvalue weighted by Gasteiger charge is 2.30. The molecule has 2 unspecified atom stereocenters. The van der Waals surface area contributed by atoms with Crippen molar-refractivity contribution in [2.75, 3.05) is 20.1 Å². The van der Waals surface area contributed by atoms with Gasteiger partial charge in [0.2, 0.25) is 0 Å². The van der Waals surface area contributed by atoms with Crippen molar-refractivity contribution in [3.63, 3.8) is 0 Å². The molecule has 0 saturated carbocycles. The maximum absolute atomic E-state index is 11.0. The summed E-state index contributed by atoms with van der Waals surface area (Å²) in [4.78, 5) is 19.5. The molecular formula is C14H21N3O2. The van der Waals surface area contributed by atoms with Crippen molar-refractivity contribution in [1.29, 1.82) is 0 Å². The van der Waals surface area contributed by atoms with Gasteiger partial charge in [-0.05, 0) is 31.7 Å². The molecule has 1 aliphatic rings. The third-order valence-electron chi connectivity index (χ3n) is 3.81. The minimum atomic E-state index is -0.729. The summed E-state index contributed by atoms with van der Waals surface area (Å²) in [5.74, 6) is -0.729. The zero-order valence-corrected chi connectivity index (χ0v) is 11.5. The molecule has 2 atom stereocenters. The molecule has 5 nitrogen and oxygen atoms in total. The van der Waals surface area contributed by atoms with Crippen LogP contribution in [0.1, 0.15) is 18.9 Å². The number of piperazine rings is 1. The van der Waals surface area contributed by atoms with E-state index < -0.39 is 5.97 Å². The van der Waals surface area contributed by atoms with Crippen LogP contribution in [0.15, 0.2) is 24.5 Å². The molecule has 2 heterocycles. The minimum absolute atomic E-state index is 0.0758. The SMILES string of the molecule is CC1CN(Cc2ccncc2)C(CC(=O)O)CN1C. The van der Waals surface area contributed by atoms with Crippen molar-refractivity contribution in [2.45, 2.75) is 32.0 Å². The van der Waals surface area contributed by atoms with Crippen LogP contribution < -0.4 is 0 Å². The lowest BCUT2D eigenvalue weighted by Crippen LogP contribution is -2.56. The first kappa shape index (κ1) is 14.0. The summed E-state index contributed by atoms with van der Waals surface area (Å²) in [5.41, 5.74) is 1.18. The number of nitrogens with zero attached hydrogens (tertiary/aromatic N) is 3. The van der Waals surface area contributed by atoms with Gasteiger partial charge >= 0.3 is 5.97 Å². The number of pyridine rings is 1. The molecule has 2 rings (SSSR count). The van der Waals surface area contributed by atoms with Gasteiger partial charge in [0.25, 0.3) is 0 Å². The lowest BCUT2D eigenvalue weighted by Gasteiger charge is -2.43. The average Bonchev–Trinajstić information content (AvgIpc) is 2.36. The quantitative estimate of drug-likeness (QED) is 0.880. The maximum atomic E-state index is 11.0. The highest BCUT2D eigenvalue weighted by Crippen LogP contribution is 2.19. The molecule has 0 spiro atoms. The summed E-state index contributed by atoms with van der Waals surface area (Å²) in [6.07, 6.45) is 3.75. The molecule has 104 valence electrons. The fourth-order valence-electron chi connectivity index (χ4n) is 2.57. The minimum Gasteiger partial charge on any atom is -0.481 e. The third-order valence-corrected chi connectivity index (χ3v) is 3.81. The summed E-state index contributed by atoms with van der Waals surface area (Å²) in [5, 5.41) is 9.05. The molecule has 19 heavy (non-hydrogen) atoms. The van der Waals surface area contributed by atoms with Crippen molar-refractivity contribution in [3.8, 4) is 0 Å². The molecule has 1 N–H and O–H groups in total.